The lowest BCUT2D eigenvalue weighted by Gasteiger charge is -2.08. The van der Waals surface area contributed by atoms with Crippen LogP contribution in [0.15, 0.2) is 17.1 Å². The smallest absolute Gasteiger partial charge is 0.235 e. The first-order valence-corrected chi connectivity index (χ1v) is 4.78. The maximum atomic E-state index is 10.3. The van der Waals surface area contributed by atoms with Crippen LogP contribution in [-0.2, 0) is 10.3 Å². The van der Waals surface area contributed by atoms with Crippen LogP contribution in [0.25, 0.3) is 0 Å². The van der Waals surface area contributed by atoms with Crippen molar-refractivity contribution in [1.29, 1.82) is 0 Å². The molecule has 0 bridgehead atoms. The molecular formula is C10H9ClN2O. The highest BCUT2D eigenvalue weighted by Crippen LogP contribution is 2.49. The summed E-state index contributed by atoms with van der Waals surface area (Å²) in [6.07, 6.45) is 3.40. The summed E-state index contributed by atoms with van der Waals surface area (Å²) in [7, 11) is 0. The largest absolute Gasteiger partial charge is 0.241 e. The van der Waals surface area contributed by atoms with E-state index in [-0.39, 0.29) is 5.54 Å². The number of isocyanates is 1. The zero-order valence-electron chi connectivity index (χ0n) is 7.75. The Morgan fingerprint density at radius 2 is 2.29 bits per heavy atom. The lowest BCUT2D eigenvalue weighted by Crippen LogP contribution is -2.03. The van der Waals surface area contributed by atoms with E-state index in [0.29, 0.717) is 5.15 Å². The van der Waals surface area contributed by atoms with Crippen LogP contribution in [-0.4, -0.2) is 11.1 Å². The summed E-state index contributed by atoms with van der Waals surface area (Å²) in [5, 5.41) is 0.451. The van der Waals surface area contributed by atoms with E-state index in [1.807, 2.05) is 13.0 Å². The predicted molar refractivity (Wildman–Crippen MR) is 53.0 cm³/mol. The summed E-state index contributed by atoms with van der Waals surface area (Å²) >= 11 is 5.83. The molecule has 0 radical (unpaired) electrons. The second kappa shape index (κ2) is 3.19. The summed E-state index contributed by atoms with van der Waals surface area (Å²) in [5.74, 6) is 0. The molecule has 1 saturated carbocycles. The van der Waals surface area contributed by atoms with Gasteiger partial charge in [-0.1, -0.05) is 11.6 Å². The first-order valence-electron chi connectivity index (χ1n) is 4.40. The average Bonchev–Trinajstić information content (AvgIpc) is 2.84. The highest BCUT2D eigenvalue weighted by Gasteiger charge is 2.45. The molecule has 1 aliphatic rings. The highest BCUT2D eigenvalue weighted by atomic mass is 35.5. The van der Waals surface area contributed by atoms with Crippen molar-refractivity contribution >= 4 is 17.7 Å². The maximum Gasteiger partial charge on any atom is 0.235 e. The molecule has 1 fully saturated rings. The number of rotatable bonds is 2. The normalized spacial score (nSPS) is 17.3. The molecule has 0 saturated heterocycles. The third-order valence-electron chi connectivity index (χ3n) is 2.44. The molecule has 0 unspecified atom stereocenters. The molecule has 72 valence electrons. The minimum absolute atomic E-state index is 0.348. The van der Waals surface area contributed by atoms with Gasteiger partial charge < -0.3 is 0 Å². The summed E-state index contributed by atoms with van der Waals surface area (Å²) in [4.78, 5) is 18.2. The van der Waals surface area contributed by atoms with Gasteiger partial charge in [0.1, 0.15) is 5.15 Å². The number of pyridine rings is 1. The van der Waals surface area contributed by atoms with Gasteiger partial charge in [-0.2, -0.15) is 4.99 Å². The molecule has 1 aromatic heterocycles. The second-order valence-corrected chi connectivity index (χ2v) is 3.94. The fraction of sp³-hybridized carbons (Fsp3) is 0.400. The minimum atomic E-state index is -0.348. The van der Waals surface area contributed by atoms with Gasteiger partial charge in [0.2, 0.25) is 6.08 Å². The van der Waals surface area contributed by atoms with Gasteiger partial charge in [-0.3, -0.25) is 0 Å². The van der Waals surface area contributed by atoms with E-state index >= 15 is 0 Å². The number of hydrogen-bond donors (Lipinski definition) is 0. The standard InChI is InChI=1S/C10H9ClN2O/c1-7-4-8(5-9(11)13-7)10(2-3-10)12-6-14/h4-5H,2-3H2,1H3. The van der Waals surface area contributed by atoms with Crippen LogP contribution in [0.1, 0.15) is 24.1 Å². The number of aliphatic imine (C=N–C) groups is 1. The molecule has 4 heteroatoms. The molecule has 0 amide bonds. The van der Waals surface area contributed by atoms with Crippen LogP contribution in [0.2, 0.25) is 5.15 Å². The lowest BCUT2D eigenvalue weighted by atomic mass is 10.1. The fourth-order valence-electron chi connectivity index (χ4n) is 1.57. The Balaban J connectivity index is 2.46. The number of hydrogen-bond acceptors (Lipinski definition) is 3. The quantitative estimate of drug-likeness (QED) is 0.425. The van der Waals surface area contributed by atoms with E-state index in [1.165, 1.54) is 0 Å². The molecule has 14 heavy (non-hydrogen) atoms. The Labute approximate surface area is 86.8 Å². The van der Waals surface area contributed by atoms with E-state index in [4.69, 9.17) is 11.6 Å². The Morgan fingerprint density at radius 3 is 2.79 bits per heavy atom. The van der Waals surface area contributed by atoms with Crippen LogP contribution < -0.4 is 0 Å². The van der Waals surface area contributed by atoms with Gasteiger partial charge >= 0.3 is 0 Å². The number of aromatic nitrogens is 1. The first kappa shape index (κ1) is 9.38. The third kappa shape index (κ3) is 1.57. The molecule has 1 aliphatic carbocycles. The van der Waals surface area contributed by atoms with Crippen molar-refractivity contribution in [1.82, 2.24) is 4.98 Å². The first-order chi connectivity index (χ1) is 6.66. The van der Waals surface area contributed by atoms with Gasteiger partial charge in [-0.05, 0) is 37.5 Å². The fourth-order valence-corrected chi connectivity index (χ4v) is 1.82. The Bertz CT molecular complexity index is 400. The topological polar surface area (TPSA) is 42.3 Å². The molecule has 1 heterocycles. The Morgan fingerprint density at radius 1 is 1.57 bits per heavy atom. The van der Waals surface area contributed by atoms with Crippen LogP contribution >= 0.6 is 11.6 Å². The summed E-state index contributed by atoms with van der Waals surface area (Å²) in [5.41, 5.74) is 1.47. The summed E-state index contributed by atoms with van der Waals surface area (Å²) in [6, 6.07) is 3.68. The zero-order chi connectivity index (χ0) is 10.2. The van der Waals surface area contributed by atoms with Gasteiger partial charge in [0.05, 0.1) is 5.54 Å². The van der Waals surface area contributed by atoms with Crippen molar-refractivity contribution in [2.24, 2.45) is 4.99 Å². The second-order valence-electron chi connectivity index (χ2n) is 3.55. The monoisotopic (exact) mass is 208 g/mol. The number of nitrogens with zero attached hydrogens (tertiary/aromatic N) is 2. The number of aryl methyl sites for hydroxylation is 1. The van der Waals surface area contributed by atoms with Crippen molar-refractivity contribution in [3.63, 3.8) is 0 Å². The van der Waals surface area contributed by atoms with Crippen molar-refractivity contribution in [3.05, 3.63) is 28.5 Å². The van der Waals surface area contributed by atoms with E-state index in [9.17, 15) is 4.79 Å². The molecule has 1 aromatic rings. The molecule has 0 atom stereocenters. The van der Waals surface area contributed by atoms with Crippen molar-refractivity contribution in [2.75, 3.05) is 0 Å². The third-order valence-corrected chi connectivity index (χ3v) is 2.64. The molecule has 0 N–H and O–H groups in total. The predicted octanol–water partition coefficient (Wildman–Crippen LogP) is 2.37. The zero-order valence-corrected chi connectivity index (χ0v) is 8.51. The minimum Gasteiger partial charge on any atom is -0.241 e. The number of halogens is 1. The van der Waals surface area contributed by atoms with Crippen molar-refractivity contribution in [3.8, 4) is 0 Å². The van der Waals surface area contributed by atoms with Crippen LogP contribution in [0, 0.1) is 6.92 Å². The molecule has 2 rings (SSSR count). The maximum absolute atomic E-state index is 10.3. The lowest BCUT2D eigenvalue weighted by molar-refractivity contribution is 0.556. The molecular weight excluding hydrogens is 200 g/mol. The van der Waals surface area contributed by atoms with E-state index < -0.39 is 0 Å². The SMILES string of the molecule is Cc1cc(C2(N=C=O)CC2)cc(Cl)n1. The van der Waals surface area contributed by atoms with Crippen molar-refractivity contribution < 1.29 is 4.79 Å². The molecule has 3 nitrogen and oxygen atoms in total. The average molecular weight is 209 g/mol. The Kier molecular flexibility index (Phi) is 2.14. The van der Waals surface area contributed by atoms with Gasteiger partial charge in [-0.25, -0.2) is 9.78 Å². The van der Waals surface area contributed by atoms with Crippen LogP contribution in [0.5, 0.6) is 0 Å². The van der Waals surface area contributed by atoms with Gasteiger partial charge in [0, 0.05) is 5.69 Å². The van der Waals surface area contributed by atoms with Gasteiger partial charge in [0.15, 0.2) is 0 Å². The van der Waals surface area contributed by atoms with Crippen LogP contribution in [0.4, 0.5) is 0 Å². The van der Waals surface area contributed by atoms with E-state index in [2.05, 4.69) is 9.98 Å². The number of carbonyl (C=O) groups excluding carboxylic acids is 1. The van der Waals surface area contributed by atoms with Crippen LogP contribution in [0.3, 0.4) is 0 Å². The molecule has 0 aliphatic heterocycles. The van der Waals surface area contributed by atoms with Crippen molar-refractivity contribution in [2.45, 2.75) is 25.3 Å². The van der Waals surface area contributed by atoms with Gasteiger partial charge in [-0.15, -0.1) is 0 Å². The Hall–Kier alpha value is -1.18. The van der Waals surface area contributed by atoms with E-state index in [0.717, 1.165) is 24.1 Å². The highest BCUT2D eigenvalue weighted by molar-refractivity contribution is 6.29. The van der Waals surface area contributed by atoms with E-state index in [1.54, 1.807) is 12.1 Å². The molecule has 0 aromatic carbocycles. The van der Waals surface area contributed by atoms with Gasteiger partial charge in [0.25, 0.3) is 0 Å². The molecule has 0 spiro atoms. The summed E-state index contributed by atoms with van der Waals surface area (Å²) < 4.78 is 0. The summed E-state index contributed by atoms with van der Waals surface area (Å²) in [6.45, 7) is 1.87.